The number of methoxy groups -OCH3 is 1. The fraction of sp³-hybridized carbons (Fsp3) is 0.333. The molecule has 3 heteroatoms. The van der Waals surface area contributed by atoms with Crippen LogP contribution in [0.1, 0.15) is 56.7 Å². The van der Waals surface area contributed by atoms with Gasteiger partial charge in [-0.25, -0.2) is 0 Å². The zero-order chi connectivity index (χ0) is 20.8. The Bertz CT molecular complexity index is 720. The molecule has 0 aromatic heterocycles. The highest BCUT2D eigenvalue weighted by Crippen LogP contribution is 2.19. The van der Waals surface area contributed by atoms with E-state index in [1.165, 1.54) is 0 Å². The van der Waals surface area contributed by atoms with E-state index in [1.807, 2.05) is 76.2 Å². The molecular weight excluding hydrogens is 334 g/mol. The Labute approximate surface area is 164 Å². The summed E-state index contributed by atoms with van der Waals surface area (Å²) in [5.41, 5.74) is 3.61. The average molecular weight is 368 g/mol. The molecule has 0 heterocycles. The number of benzene rings is 2. The van der Waals surface area contributed by atoms with Crippen LogP contribution in [0.15, 0.2) is 61.2 Å². The van der Waals surface area contributed by atoms with Crippen molar-refractivity contribution >= 4 is 11.5 Å². The summed E-state index contributed by atoms with van der Waals surface area (Å²) >= 11 is 0. The Morgan fingerprint density at radius 2 is 1.78 bits per heavy atom. The number of Topliss-reactive ketones (excluding diaryl/α,β-unsaturated/α-hetero) is 1. The molecule has 0 aliphatic rings. The monoisotopic (exact) mass is 367 g/mol. The van der Waals surface area contributed by atoms with Crippen LogP contribution >= 0.6 is 0 Å². The van der Waals surface area contributed by atoms with E-state index < -0.39 is 0 Å². The van der Waals surface area contributed by atoms with Gasteiger partial charge < -0.3 is 10.1 Å². The minimum absolute atomic E-state index is 0.133. The van der Waals surface area contributed by atoms with Gasteiger partial charge in [-0.15, -0.1) is 6.58 Å². The lowest BCUT2D eigenvalue weighted by atomic mass is 9.94. The van der Waals surface area contributed by atoms with Gasteiger partial charge in [-0.2, -0.15) is 0 Å². The molecule has 0 amide bonds. The summed E-state index contributed by atoms with van der Waals surface area (Å²) in [6.07, 6.45) is 2.27. The fourth-order valence-electron chi connectivity index (χ4n) is 2.39. The summed E-state index contributed by atoms with van der Waals surface area (Å²) in [5, 5.41) is 7.42. The molecule has 0 aliphatic carbocycles. The van der Waals surface area contributed by atoms with Gasteiger partial charge in [0.05, 0.1) is 13.0 Å². The Morgan fingerprint density at radius 3 is 2.22 bits per heavy atom. The van der Waals surface area contributed by atoms with Gasteiger partial charge >= 0.3 is 0 Å². The number of hydrogen-bond donors (Lipinski definition) is 1. The molecule has 0 spiro atoms. The molecule has 0 radical (unpaired) electrons. The maximum atomic E-state index is 11.5. The molecule has 0 bridgehead atoms. The second kappa shape index (κ2) is 13.5. The molecule has 0 fully saturated rings. The van der Waals surface area contributed by atoms with E-state index in [9.17, 15) is 4.79 Å². The van der Waals surface area contributed by atoms with Gasteiger partial charge in [0.15, 0.2) is 0 Å². The van der Waals surface area contributed by atoms with Gasteiger partial charge in [0.25, 0.3) is 0 Å². The second-order valence-corrected chi connectivity index (χ2v) is 5.75. The first-order chi connectivity index (χ1) is 12.9. The number of aryl methyl sites for hydroxylation is 1. The van der Waals surface area contributed by atoms with Crippen molar-refractivity contribution in [2.24, 2.45) is 0 Å². The fourth-order valence-corrected chi connectivity index (χ4v) is 2.39. The molecule has 2 rings (SSSR count). The van der Waals surface area contributed by atoms with Gasteiger partial charge in [-0.1, -0.05) is 69.3 Å². The number of ether oxygens (including phenoxy) is 1. The lowest BCUT2D eigenvalue weighted by molar-refractivity contribution is -0.119. The molecule has 146 valence electrons. The molecule has 2 aromatic carbocycles. The van der Waals surface area contributed by atoms with E-state index in [1.54, 1.807) is 20.1 Å². The second-order valence-electron chi connectivity index (χ2n) is 5.75. The van der Waals surface area contributed by atoms with Crippen molar-refractivity contribution < 1.29 is 9.53 Å². The van der Waals surface area contributed by atoms with Gasteiger partial charge in [0.1, 0.15) is 11.5 Å². The first kappa shape index (κ1) is 24.3. The third kappa shape index (κ3) is 8.04. The minimum Gasteiger partial charge on any atom is -0.496 e. The first-order valence-corrected chi connectivity index (χ1v) is 9.34. The Morgan fingerprint density at radius 1 is 1.19 bits per heavy atom. The first-order valence-electron chi connectivity index (χ1n) is 9.34. The van der Waals surface area contributed by atoms with E-state index in [-0.39, 0.29) is 11.7 Å². The van der Waals surface area contributed by atoms with E-state index >= 15 is 0 Å². The van der Waals surface area contributed by atoms with Crippen molar-refractivity contribution in [2.45, 2.75) is 47.0 Å². The molecule has 1 unspecified atom stereocenters. The summed E-state index contributed by atoms with van der Waals surface area (Å²) in [7, 11) is 1.64. The summed E-state index contributed by atoms with van der Waals surface area (Å²) in [5.74, 6) is 0.937. The van der Waals surface area contributed by atoms with Crippen LogP contribution in [0.25, 0.3) is 0 Å². The van der Waals surface area contributed by atoms with Gasteiger partial charge in [-0.05, 0) is 36.6 Å². The lowest BCUT2D eigenvalue weighted by Crippen LogP contribution is -2.08. The highest BCUT2D eigenvalue weighted by Gasteiger charge is 2.13. The number of nitrogens with one attached hydrogen (secondary N) is 1. The predicted molar refractivity (Wildman–Crippen MR) is 116 cm³/mol. The van der Waals surface area contributed by atoms with Crippen LogP contribution < -0.4 is 4.74 Å². The van der Waals surface area contributed by atoms with E-state index in [0.717, 1.165) is 22.4 Å². The predicted octanol–water partition coefficient (Wildman–Crippen LogP) is 6.35. The topological polar surface area (TPSA) is 50.2 Å². The van der Waals surface area contributed by atoms with Crippen LogP contribution in [0.3, 0.4) is 0 Å². The zero-order valence-corrected chi connectivity index (χ0v) is 17.5. The highest BCUT2D eigenvalue weighted by atomic mass is 16.5. The van der Waals surface area contributed by atoms with Crippen LogP contribution in [0.2, 0.25) is 0 Å². The molecule has 1 atom stereocenters. The number of rotatable bonds is 6. The van der Waals surface area contributed by atoms with Crippen molar-refractivity contribution in [3.05, 3.63) is 77.9 Å². The largest absolute Gasteiger partial charge is 0.496 e. The molecular formula is C24H33NO2. The van der Waals surface area contributed by atoms with Crippen molar-refractivity contribution in [1.82, 2.24) is 0 Å². The van der Waals surface area contributed by atoms with Crippen molar-refractivity contribution in [3.63, 3.8) is 0 Å². The van der Waals surface area contributed by atoms with E-state index in [2.05, 4.69) is 6.58 Å². The molecule has 1 N–H and O–H groups in total. The zero-order valence-electron chi connectivity index (χ0n) is 17.5. The number of carbonyl (C=O) groups is 1. The number of carbonyl (C=O) groups excluding carboxylic acids is 1. The lowest BCUT2D eigenvalue weighted by Gasteiger charge is -2.09. The number of ketones is 1. The van der Waals surface area contributed by atoms with Crippen LogP contribution in [0, 0.1) is 12.3 Å². The standard InChI is InChI=1S/C12H14O.C10H13NO.C2H6/c1-3-11(12(13)4-2)10-8-6-5-7-9-10;1-7-4-5-9(8(2)11)6-10(7)12-3;1-2/h3,5-9,11H,1,4H2,2H3;4-6,11H,1-3H3;1-2H3. The third-order valence-electron chi connectivity index (χ3n) is 3.93. The minimum atomic E-state index is -0.133. The van der Waals surface area contributed by atoms with Gasteiger partial charge in [-0.3, -0.25) is 4.79 Å². The molecule has 3 nitrogen and oxygen atoms in total. The average Bonchev–Trinajstić information content (AvgIpc) is 2.71. The quantitative estimate of drug-likeness (QED) is 0.477. The van der Waals surface area contributed by atoms with E-state index in [4.69, 9.17) is 10.1 Å². The van der Waals surface area contributed by atoms with Crippen LogP contribution in [0.5, 0.6) is 5.75 Å². The Kier molecular flexibility index (Phi) is 12.2. The maximum Gasteiger partial charge on any atom is 0.143 e. The number of hydrogen-bond acceptors (Lipinski definition) is 3. The smallest absolute Gasteiger partial charge is 0.143 e. The summed E-state index contributed by atoms with van der Waals surface area (Å²) in [4.78, 5) is 11.5. The van der Waals surface area contributed by atoms with Gasteiger partial charge in [0, 0.05) is 12.1 Å². The summed E-state index contributed by atoms with van der Waals surface area (Å²) in [6, 6.07) is 15.5. The van der Waals surface area contributed by atoms with Gasteiger partial charge in [0.2, 0.25) is 0 Å². The SMILES string of the molecule is C=CC(C(=O)CC)c1ccccc1.CC.COc1cc(C(C)=N)ccc1C. The van der Waals surface area contributed by atoms with Crippen molar-refractivity contribution in [2.75, 3.05) is 7.11 Å². The number of allylic oxidation sites excluding steroid dienone is 1. The molecule has 2 aromatic rings. The normalized spacial score (nSPS) is 10.3. The summed E-state index contributed by atoms with van der Waals surface area (Å²) in [6.45, 7) is 13.3. The van der Waals surface area contributed by atoms with E-state index in [0.29, 0.717) is 12.1 Å². The van der Waals surface area contributed by atoms with Crippen LogP contribution in [-0.4, -0.2) is 18.6 Å². The molecule has 0 saturated carbocycles. The summed E-state index contributed by atoms with van der Waals surface area (Å²) < 4.78 is 5.14. The van der Waals surface area contributed by atoms with Crippen LogP contribution in [0.4, 0.5) is 0 Å². The molecule has 0 aliphatic heterocycles. The molecule has 0 saturated heterocycles. The third-order valence-corrected chi connectivity index (χ3v) is 3.93. The highest BCUT2D eigenvalue weighted by molar-refractivity contribution is 5.96. The maximum absolute atomic E-state index is 11.5. The van der Waals surface area contributed by atoms with Crippen molar-refractivity contribution in [3.8, 4) is 5.75 Å². The van der Waals surface area contributed by atoms with Crippen molar-refractivity contribution in [1.29, 1.82) is 5.41 Å². The van der Waals surface area contributed by atoms with Crippen LogP contribution in [-0.2, 0) is 4.79 Å². The Balaban J connectivity index is 0.000000460. The Hall–Kier alpha value is -2.68. The molecule has 27 heavy (non-hydrogen) atoms.